The standard InChI is InChI=1S/C17H24N4O3/c1-20(7-8-21-9-11-22-12-10-21)13-17-18-16(19-24-17)14-23-15-5-3-2-4-6-15/h2-6H,7-14H2,1H3. The fraction of sp³-hybridized carbons (Fsp3) is 0.529. The van der Waals surface area contributed by atoms with E-state index in [1.54, 1.807) is 0 Å². The van der Waals surface area contributed by atoms with Crippen molar-refractivity contribution in [3.63, 3.8) is 0 Å². The van der Waals surface area contributed by atoms with Crippen LogP contribution in [0.3, 0.4) is 0 Å². The number of hydrogen-bond acceptors (Lipinski definition) is 7. The zero-order valence-electron chi connectivity index (χ0n) is 14.1. The lowest BCUT2D eigenvalue weighted by molar-refractivity contribution is 0.0338. The Hall–Kier alpha value is -1.96. The van der Waals surface area contributed by atoms with Gasteiger partial charge < -0.3 is 14.0 Å². The summed E-state index contributed by atoms with van der Waals surface area (Å²) in [5, 5.41) is 3.97. The van der Waals surface area contributed by atoms with Crippen molar-refractivity contribution in [3.8, 4) is 5.75 Å². The predicted octanol–water partition coefficient (Wildman–Crippen LogP) is 1.41. The number of nitrogens with zero attached hydrogens (tertiary/aromatic N) is 4. The normalized spacial score (nSPS) is 15.8. The first-order chi connectivity index (χ1) is 11.8. The fourth-order valence-corrected chi connectivity index (χ4v) is 2.52. The molecule has 2 heterocycles. The lowest BCUT2D eigenvalue weighted by Gasteiger charge is -2.28. The molecule has 0 atom stereocenters. The third-order valence-corrected chi connectivity index (χ3v) is 3.93. The molecule has 1 fully saturated rings. The van der Waals surface area contributed by atoms with Crippen LogP contribution >= 0.6 is 0 Å². The maximum absolute atomic E-state index is 5.62. The molecule has 0 saturated carbocycles. The van der Waals surface area contributed by atoms with Crippen LogP contribution in [-0.4, -0.2) is 66.4 Å². The van der Waals surface area contributed by atoms with Gasteiger partial charge in [-0.25, -0.2) is 0 Å². The van der Waals surface area contributed by atoms with Crippen LogP contribution in [0.1, 0.15) is 11.7 Å². The van der Waals surface area contributed by atoms with E-state index >= 15 is 0 Å². The molecule has 1 saturated heterocycles. The van der Waals surface area contributed by atoms with Crippen LogP contribution in [0, 0.1) is 0 Å². The summed E-state index contributed by atoms with van der Waals surface area (Å²) >= 11 is 0. The Morgan fingerprint density at radius 3 is 2.79 bits per heavy atom. The first kappa shape index (κ1) is 16.9. The smallest absolute Gasteiger partial charge is 0.240 e. The summed E-state index contributed by atoms with van der Waals surface area (Å²) in [4.78, 5) is 8.98. The van der Waals surface area contributed by atoms with Gasteiger partial charge >= 0.3 is 0 Å². The summed E-state index contributed by atoms with van der Waals surface area (Å²) in [7, 11) is 2.06. The minimum atomic E-state index is 0.311. The molecule has 1 aliphatic heterocycles. The van der Waals surface area contributed by atoms with Crippen molar-refractivity contribution in [2.24, 2.45) is 0 Å². The van der Waals surface area contributed by atoms with E-state index in [4.69, 9.17) is 14.0 Å². The van der Waals surface area contributed by atoms with Crippen LogP contribution < -0.4 is 4.74 Å². The quantitative estimate of drug-likeness (QED) is 0.724. The van der Waals surface area contributed by atoms with Gasteiger partial charge in [0.15, 0.2) is 6.61 Å². The summed E-state index contributed by atoms with van der Waals surface area (Å²) in [6.45, 7) is 6.62. The Bertz CT molecular complexity index is 599. The van der Waals surface area contributed by atoms with Crippen LogP contribution in [0.4, 0.5) is 0 Å². The first-order valence-electron chi connectivity index (χ1n) is 8.27. The van der Waals surface area contributed by atoms with E-state index in [9.17, 15) is 0 Å². The van der Waals surface area contributed by atoms with Crippen molar-refractivity contribution < 1.29 is 14.0 Å². The summed E-state index contributed by atoms with van der Waals surface area (Å²) in [5.41, 5.74) is 0. The third kappa shape index (κ3) is 5.30. The molecule has 0 N–H and O–H groups in total. The molecule has 2 aromatic rings. The molecule has 0 bridgehead atoms. The summed E-state index contributed by atoms with van der Waals surface area (Å²) in [5.74, 6) is 1.98. The Balaban J connectivity index is 1.40. The van der Waals surface area contributed by atoms with E-state index in [2.05, 4.69) is 27.0 Å². The number of rotatable bonds is 8. The fourth-order valence-electron chi connectivity index (χ4n) is 2.52. The number of benzene rings is 1. The van der Waals surface area contributed by atoms with Gasteiger partial charge in [0.25, 0.3) is 0 Å². The number of para-hydroxylation sites is 1. The van der Waals surface area contributed by atoms with E-state index in [1.165, 1.54) is 0 Å². The van der Waals surface area contributed by atoms with E-state index in [-0.39, 0.29) is 0 Å². The van der Waals surface area contributed by atoms with Gasteiger partial charge in [-0.15, -0.1) is 0 Å². The van der Waals surface area contributed by atoms with Gasteiger partial charge in [-0.2, -0.15) is 4.98 Å². The van der Waals surface area contributed by atoms with Gasteiger partial charge in [-0.3, -0.25) is 9.80 Å². The Kier molecular flexibility index (Phi) is 6.17. The number of hydrogen-bond donors (Lipinski definition) is 0. The summed E-state index contributed by atoms with van der Waals surface area (Å²) in [6, 6.07) is 9.62. The van der Waals surface area contributed by atoms with Crippen LogP contribution in [0.25, 0.3) is 0 Å². The van der Waals surface area contributed by atoms with Crippen LogP contribution in [0.2, 0.25) is 0 Å². The number of aromatic nitrogens is 2. The Morgan fingerprint density at radius 1 is 1.21 bits per heavy atom. The number of morpholine rings is 1. The first-order valence-corrected chi connectivity index (χ1v) is 8.27. The minimum absolute atomic E-state index is 0.311. The topological polar surface area (TPSA) is 63.9 Å². The number of ether oxygens (including phenoxy) is 2. The van der Waals surface area contributed by atoms with E-state index in [0.717, 1.165) is 45.1 Å². The molecular formula is C17H24N4O3. The molecule has 0 aliphatic carbocycles. The van der Waals surface area contributed by atoms with E-state index < -0.39 is 0 Å². The van der Waals surface area contributed by atoms with Gasteiger partial charge in [-0.05, 0) is 19.2 Å². The Labute approximate surface area is 142 Å². The highest BCUT2D eigenvalue weighted by molar-refractivity contribution is 5.20. The second kappa shape index (κ2) is 8.77. The van der Waals surface area contributed by atoms with Gasteiger partial charge in [0.2, 0.25) is 11.7 Å². The molecule has 3 rings (SSSR count). The maximum atomic E-state index is 5.62. The van der Waals surface area contributed by atoms with Gasteiger partial charge in [0.05, 0.1) is 19.8 Å². The average Bonchev–Trinajstić information content (AvgIpc) is 3.07. The second-order valence-corrected chi connectivity index (χ2v) is 5.90. The largest absolute Gasteiger partial charge is 0.485 e. The molecule has 1 aromatic heterocycles. The molecule has 0 unspecified atom stereocenters. The van der Waals surface area contributed by atoms with Crippen molar-refractivity contribution in [1.29, 1.82) is 0 Å². The molecule has 1 aliphatic rings. The van der Waals surface area contributed by atoms with Crippen molar-refractivity contribution in [2.75, 3.05) is 46.4 Å². The van der Waals surface area contributed by atoms with Crippen LogP contribution in [0.5, 0.6) is 5.75 Å². The van der Waals surface area contributed by atoms with E-state index in [1.807, 2.05) is 30.3 Å². The van der Waals surface area contributed by atoms with Crippen molar-refractivity contribution in [1.82, 2.24) is 19.9 Å². The molecule has 24 heavy (non-hydrogen) atoms. The predicted molar refractivity (Wildman–Crippen MR) is 88.7 cm³/mol. The lowest BCUT2D eigenvalue weighted by Crippen LogP contribution is -2.40. The average molecular weight is 332 g/mol. The van der Waals surface area contributed by atoms with Crippen LogP contribution in [0.15, 0.2) is 34.9 Å². The highest BCUT2D eigenvalue weighted by atomic mass is 16.5. The van der Waals surface area contributed by atoms with Crippen molar-refractivity contribution >= 4 is 0 Å². The zero-order valence-corrected chi connectivity index (χ0v) is 14.1. The molecule has 7 heteroatoms. The third-order valence-electron chi connectivity index (χ3n) is 3.93. The van der Waals surface area contributed by atoms with Gasteiger partial charge in [0, 0.05) is 26.2 Å². The monoisotopic (exact) mass is 332 g/mol. The highest BCUT2D eigenvalue weighted by Gasteiger charge is 2.13. The van der Waals surface area contributed by atoms with Gasteiger partial charge in [0.1, 0.15) is 5.75 Å². The highest BCUT2D eigenvalue weighted by Crippen LogP contribution is 2.10. The summed E-state index contributed by atoms with van der Waals surface area (Å²) in [6.07, 6.45) is 0. The molecule has 0 radical (unpaired) electrons. The Morgan fingerprint density at radius 2 is 2.00 bits per heavy atom. The molecule has 1 aromatic carbocycles. The number of likely N-dealkylation sites (N-methyl/N-ethyl adjacent to an activating group) is 1. The SMILES string of the molecule is CN(CCN1CCOCC1)Cc1nc(COc2ccccc2)no1. The van der Waals surface area contributed by atoms with Crippen molar-refractivity contribution in [2.45, 2.75) is 13.2 Å². The molecule has 130 valence electrons. The lowest BCUT2D eigenvalue weighted by atomic mass is 10.3. The molecule has 0 amide bonds. The van der Waals surface area contributed by atoms with Gasteiger partial charge in [-0.1, -0.05) is 23.4 Å². The molecule has 7 nitrogen and oxygen atoms in total. The minimum Gasteiger partial charge on any atom is -0.485 e. The second-order valence-electron chi connectivity index (χ2n) is 5.90. The summed E-state index contributed by atoms with van der Waals surface area (Å²) < 4.78 is 16.3. The maximum Gasteiger partial charge on any atom is 0.240 e. The van der Waals surface area contributed by atoms with Crippen molar-refractivity contribution in [3.05, 3.63) is 42.0 Å². The van der Waals surface area contributed by atoms with Crippen LogP contribution in [-0.2, 0) is 17.9 Å². The molecule has 0 spiro atoms. The zero-order chi connectivity index (χ0) is 16.6. The molecular weight excluding hydrogens is 308 g/mol. The van der Waals surface area contributed by atoms with E-state index in [0.29, 0.717) is 24.9 Å².